The number of para-hydroxylation sites is 1. The molecular formula is C42H36N2. The van der Waals surface area contributed by atoms with Crippen LogP contribution >= 0.6 is 0 Å². The normalized spacial score (nSPS) is 11.3. The largest absolute Gasteiger partial charge is 0.355 e. The Labute approximate surface area is 259 Å². The molecule has 44 heavy (non-hydrogen) atoms. The molecule has 0 saturated carbocycles. The van der Waals surface area contributed by atoms with Gasteiger partial charge in [0.05, 0.1) is 0 Å². The molecular weight excluding hydrogens is 532 g/mol. The number of hydrogen-bond acceptors (Lipinski definition) is 1. The van der Waals surface area contributed by atoms with Crippen LogP contribution in [0.25, 0.3) is 49.3 Å². The molecule has 2 heteroatoms. The fourth-order valence-corrected chi connectivity index (χ4v) is 5.46. The van der Waals surface area contributed by atoms with Gasteiger partial charge in [-0.05, 0) is 77.7 Å². The highest BCUT2D eigenvalue weighted by Crippen LogP contribution is 2.35. The van der Waals surface area contributed by atoms with Crippen LogP contribution in [0.2, 0.25) is 0 Å². The van der Waals surface area contributed by atoms with E-state index in [4.69, 9.17) is 0 Å². The van der Waals surface area contributed by atoms with Crippen LogP contribution in [0.4, 0.5) is 11.4 Å². The first kappa shape index (κ1) is 28.5. The Morgan fingerprint density at radius 2 is 1.34 bits per heavy atom. The fraction of sp³-hybridized carbons (Fsp3) is 0.0476. The number of hydrogen-bond donors (Lipinski definition) is 2. The van der Waals surface area contributed by atoms with E-state index >= 15 is 0 Å². The molecule has 1 heterocycles. The SMILES string of the molecule is C=C(/C=C\C=C/C)c1cc(-c2ccc3c(c2)[nH]c2ccccc23)ccc1Nc1ccc2ccccc2c1.Cc1ccccc1. The van der Waals surface area contributed by atoms with Crippen molar-refractivity contribution in [1.82, 2.24) is 4.98 Å². The van der Waals surface area contributed by atoms with Gasteiger partial charge in [-0.15, -0.1) is 0 Å². The van der Waals surface area contributed by atoms with Gasteiger partial charge in [0.1, 0.15) is 0 Å². The van der Waals surface area contributed by atoms with Crippen molar-refractivity contribution in [2.45, 2.75) is 13.8 Å². The molecule has 0 bridgehead atoms. The first-order chi connectivity index (χ1) is 21.6. The van der Waals surface area contributed by atoms with Crippen molar-refractivity contribution < 1.29 is 0 Å². The van der Waals surface area contributed by atoms with E-state index in [-0.39, 0.29) is 0 Å². The van der Waals surface area contributed by atoms with Gasteiger partial charge in [-0.25, -0.2) is 0 Å². The second-order valence-corrected chi connectivity index (χ2v) is 10.9. The summed E-state index contributed by atoms with van der Waals surface area (Å²) in [5, 5.41) is 8.58. The van der Waals surface area contributed by atoms with Crippen LogP contribution in [0.5, 0.6) is 0 Å². The summed E-state index contributed by atoms with van der Waals surface area (Å²) in [6.07, 6.45) is 8.14. The second-order valence-electron chi connectivity index (χ2n) is 10.9. The van der Waals surface area contributed by atoms with Crippen LogP contribution in [-0.4, -0.2) is 4.98 Å². The predicted molar refractivity (Wildman–Crippen MR) is 193 cm³/mol. The molecule has 214 valence electrons. The van der Waals surface area contributed by atoms with Gasteiger partial charge in [-0.2, -0.15) is 0 Å². The molecule has 0 atom stereocenters. The molecule has 0 aliphatic rings. The highest BCUT2D eigenvalue weighted by atomic mass is 14.9. The molecule has 2 nitrogen and oxygen atoms in total. The number of benzene rings is 6. The molecule has 6 aromatic carbocycles. The van der Waals surface area contributed by atoms with Crippen molar-refractivity contribution in [2.24, 2.45) is 0 Å². The third-order valence-electron chi connectivity index (χ3n) is 7.77. The van der Waals surface area contributed by atoms with Crippen LogP contribution in [0.15, 0.2) is 164 Å². The summed E-state index contributed by atoms with van der Waals surface area (Å²) in [5.74, 6) is 0. The smallest absolute Gasteiger partial charge is 0.0471 e. The number of nitrogens with one attached hydrogen (secondary N) is 2. The minimum absolute atomic E-state index is 0.954. The number of rotatable bonds is 6. The molecule has 0 radical (unpaired) electrons. The molecule has 0 aliphatic carbocycles. The Balaban J connectivity index is 0.000000433. The average Bonchev–Trinajstić information content (AvgIpc) is 3.43. The third-order valence-corrected chi connectivity index (χ3v) is 7.77. The number of H-pyrrole nitrogens is 1. The number of fused-ring (bicyclic) bond motifs is 4. The molecule has 0 amide bonds. The molecule has 2 N–H and O–H groups in total. The van der Waals surface area contributed by atoms with Gasteiger partial charge in [-0.3, -0.25) is 0 Å². The van der Waals surface area contributed by atoms with E-state index in [2.05, 4.69) is 145 Å². The van der Waals surface area contributed by atoms with Crippen molar-refractivity contribution in [3.8, 4) is 11.1 Å². The lowest BCUT2D eigenvalue weighted by Gasteiger charge is -2.15. The maximum atomic E-state index is 4.40. The highest BCUT2D eigenvalue weighted by molar-refractivity contribution is 6.08. The van der Waals surface area contributed by atoms with E-state index in [1.807, 2.05) is 43.4 Å². The van der Waals surface area contributed by atoms with Crippen LogP contribution in [0.3, 0.4) is 0 Å². The van der Waals surface area contributed by atoms with E-state index in [9.17, 15) is 0 Å². The quantitative estimate of drug-likeness (QED) is 0.192. The highest BCUT2D eigenvalue weighted by Gasteiger charge is 2.11. The maximum Gasteiger partial charge on any atom is 0.0471 e. The summed E-state index contributed by atoms with van der Waals surface area (Å²) < 4.78 is 0. The second kappa shape index (κ2) is 13.1. The first-order valence-corrected chi connectivity index (χ1v) is 15.0. The van der Waals surface area contributed by atoms with E-state index in [1.54, 1.807) is 0 Å². The van der Waals surface area contributed by atoms with Crippen LogP contribution in [0, 0.1) is 6.92 Å². The maximum absolute atomic E-state index is 4.40. The van der Waals surface area contributed by atoms with Crippen molar-refractivity contribution in [2.75, 3.05) is 5.32 Å². The molecule has 0 spiro atoms. The summed E-state index contributed by atoms with van der Waals surface area (Å²) >= 11 is 0. The molecule has 0 unspecified atom stereocenters. The lowest BCUT2D eigenvalue weighted by Crippen LogP contribution is -1.96. The topological polar surface area (TPSA) is 27.8 Å². The van der Waals surface area contributed by atoms with Gasteiger partial charge < -0.3 is 10.3 Å². The van der Waals surface area contributed by atoms with Crippen LogP contribution < -0.4 is 5.32 Å². The van der Waals surface area contributed by atoms with Gasteiger partial charge >= 0.3 is 0 Å². The monoisotopic (exact) mass is 568 g/mol. The van der Waals surface area contributed by atoms with Gasteiger partial charge in [0, 0.05) is 38.7 Å². The standard InChI is InChI=1S/C35H28N2.C7H8/c1-3-4-5-10-24(2)32-22-27(28-16-19-31-30-13-8-9-14-33(30)37-35(31)23-28)17-20-34(32)36-29-18-15-25-11-6-7-12-26(25)21-29;1-7-5-3-2-4-6-7/h3-23,36-37H,2H2,1H3;2-6H,1H3/b4-3-,10-5-;. The number of aromatic amines is 1. The minimum Gasteiger partial charge on any atom is -0.355 e. The van der Waals surface area contributed by atoms with Crippen LogP contribution in [0.1, 0.15) is 18.1 Å². The fourth-order valence-electron chi connectivity index (χ4n) is 5.46. The Morgan fingerprint density at radius 1 is 0.636 bits per heavy atom. The van der Waals surface area contributed by atoms with Crippen molar-refractivity contribution in [3.05, 3.63) is 175 Å². The van der Waals surface area contributed by atoms with Gasteiger partial charge in [0.2, 0.25) is 0 Å². The van der Waals surface area contributed by atoms with E-state index in [1.165, 1.54) is 32.7 Å². The first-order valence-electron chi connectivity index (χ1n) is 15.0. The Morgan fingerprint density at radius 3 is 2.14 bits per heavy atom. The number of allylic oxidation sites excluding steroid dienone is 5. The summed E-state index contributed by atoms with van der Waals surface area (Å²) in [7, 11) is 0. The van der Waals surface area contributed by atoms with Gasteiger partial charge in [0.15, 0.2) is 0 Å². The summed E-state index contributed by atoms with van der Waals surface area (Å²) in [5.41, 5.74) is 10.1. The minimum atomic E-state index is 0.954. The molecule has 7 aromatic rings. The summed E-state index contributed by atoms with van der Waals surface area (Å²) in [4.78, 5) is 3.57. The third kappa shape index (κ3) is 6.40. The zero-order chi connectivity index (χ0) is 30.3. The predicted octanol–water partition coefficient (Wildman–Crippen LogP) is 12.0. The van der Waals surface area contributed by atoms with E-state index < -0.39 is 0 Å². The molecule has 7 rings (SSSR count). The zero-order valence-corrected chi connectivity index (χ0v) is 25.2. The van der Waals surface area contributed by atoms with Crippen LogP contribution in [-0.2, 0) is 0 Å². The lowest BCUT2D eigenvalue weighted by atomic mass is 9.96. The number of anilines is 2. The van der Waals surface area contributed by atoms with Crippen molar-refractivity contribution in [1.29, 1.82) is 0 Å². The molecule has 1 aromatic heterocycles. The van der Waals surface area contributed by atoms with E-state index in [0.717, 1.165) is 39.1 Å². The Bertz CT molecular complexity index is 2130. The molecule has 0 fully saturated rings. The molecule has 0 aliphatic heterocycles. The number of aromatic nitrogens is 1. The number of aryl methyl sites for hydroxylation is 1. The summed E-state index contributed by atoms with van der Waals surface area (Å²) in [6.45, 7) is 8.49. The van der Waals surface area contributed by atoms with Crippen molar-refractivity contribution in [3.63, 3.8) is 0 Å². The lowest BCUT2D eigenvalue weighted by molar-refractivity contribution is 1.48. The zero-order valence-electron chi connectivity index (χ0n) is 25.2. The Kier molecular flexibility index (Phi) is 8.52. The van der Waals surface area contributed by atoms with Gasteiger partial charge in [0.25, 0.3) is 0 Å². The summed E-state index contributed by atoms with van der Waals surface area (Å²) in [6, 6.07) is 46.8. The van der Waals surface area contributed by atoms with E-state index in [0.29, 0.717) is 0 Å². The molecule has 0 saturated heterocycles. The van der Waals surface area contributed by atoms with Crippen molar-refractivity contribution >= 4 is 49.5 Å². The average molecular weight is 569 g/mol. The van der Waals surface area contributed by atoms with Gasteiger partial charge in [-0.1, -0.05) is 134 Å². The Hall–Kier alpha value is -5.60.